The van der Waals surface area contributed by atoms with E-state index in [1.807, 2.05) is 30.3 Å². The predicted molar refractivity (Wildman–Crippen MR) is 189 cm³/mol. The molecule has 50 heavy (non-hydrogen) atoms. The summed E-state index contributed by atoms with van der Waals surface area (Å²) >= 11 is 0. The number of ether oxygens (including phenoxy) is 3. The lowest BCUT2D eigenvalue weighted by Gasteiger charge is -2.35. The van der Waals surface area contributed by atoms with Crippen LogP contribution in [0.3, 0.4) is 0 Å². The van der Waals surface area contributed by atoms with E-state index < -0.39 is 58.7 Å². The Labute approximate surface area is 295 Å². The number of phenolic OH excluding ortho intramolecular Hbond substituents is 1. The molecule has 0 aliphatic rings. The molecule has 3 atom stereocenters. The van der Waals surface area contributed by atoms with E-state index in [0.29, 0.717) is 5.56 Å². The van der Waals surface area contributed by atoms with Crippen LogP contribution in [0.1, 0.15) is 93.2 Å². The van der Waals surface area contributed by atoms with Crippen LogP contribution in [0.5, 0.6) is 5.75 Å². The Kier molecular flexibility index (Phi) is 14.7. The minimum Gasteiger partial charge on any atom is -0.508 e. The number of nitrogens with one attached hydrogen (secondary N) is 4. The first-order chi connectivity index (χ1) is 23.1. The molecule has 0 fully saturated rings. The molecule has 3 unspecified atom stereocenters. The summed E-state index contributed by atoms with van der Waals surface area (Å²) in [5, 5.41) is 21.2. The van der Waals surface area contributed by atoms with Crippen molar-refractivity contribution in [3.63, 3.8) is 0 Å². The van der Waals surface area contributed by atoms with Gasteiger partial charge in [0.05, 0.1) is 5.41 Å². The summed E-state index contributed by atoms with van der Waals surface area (Å²) in [6.07, 6.45) is -1.42. The van der Waals surface area contributed by atoms with E-state index in [1.54, 1.807) is 69.2 Å². The molecule has 0 aliphatic heterocycles. The maximum Gasteiger partial charge on any atom is 0.407 e. The number of carbonyl (C=O) groups is 5. The fraction of sp³-hybridized carbons (Fsp3) is 0.541. The third-order valence-corrected chi connectivity index (χ3v) is 7.28. The minimum absolute atomic E-state index is 0.0215. The van der Waals surface area contributed by atoms with Crippen LogP contribution in [0.2, 0.25) is 0 Å². The molecule has 0 bridgehead atoms. The van der Waals surface area contributed by atoms with Gasteiger partial charge in [-0.3, -0.25) is 14.4 Å². The van der Waals surface area contributed by atoms with Crippen molar-refractivity contribution < 1.29 is 43.3 Å². The van der Waals surface area contributed by atoms with E-state index in [2.05, 4.69) is 21.3 Å². The van der Waals surface area contributed by atoms with Crippen molar-refractivity contribution >= 4 is 35.7 Å². The topological polar surface area (TPSA) is 181 Å². The summed E-state index contributed by atoms with van der Waals surface area (Å²) in [5.74, 6) is -2.24. The summed E-state index contributed by atoms with van der Waals surface area (Å²) in [7, 11) is 0. The molecule has 13 nitrogen and oxygen atoms in total. The van der Waals surface area contributed by atoms with Gasteiger partial charge in [0.2, 0.25) is 11.8 Å². The van der Waals surface area contributed by atoms with Crippen LogP contribution >= 0.6 is 0 Å². The molecular weight excluding hydrogens is 644 g/mol. The second kappa shape index (κ2) is 17.7. The summed E-state index contributed by atoms with van der Waals surface area (Å²) in [4.78, 5) is 65.0. The van der Waals surface area contributed by atoms with E-state index in [-0.39, 0.29) is 43.3 Å². The number of aromatic hydroxyl groups is 1. The van der Waals surface area contributed by atoms with Gasteiger partial charge in [-0.2, -0.15) is 0 Å². The van der Waals surface area contributed by atoms with Crippen molar-refractivity contribution in [2.45, 2.75) is 117 Å². The normalized spacial score (nSPS) is 14.0. The Morgan fingerprint density at radius 1 is 0.800 bits per heavy atom. The number of carbonyl (C=O) groups excluding carboxylic acids is 5. The van der Waals surface area contributed by atoms with E-state index in [0.717, 1.165) is 5.56 Å². The SMILES string of the molecule is CC(CC(C)(C(=O)OC(C)(C)C)c1ccc(O)cc1NC(=O)C(NC(=O)CCNC(=O)OCc1ccccc1)C(C)C)NC(=O)OC(C)(C)C. The van der Waals surface area contributed by atoms with Crippen LogP contribution in [0.4, 0.5) is 15.3 Å². The van der Waals surface area contributed by atoms with Gasteiger partial charge in [-0.05, 0) is 84.9 Å². The van der Waals surface area contributed by atoms with Crippen molar-refractivity contribution in [1.82, 2.24) is 16.0 Å². The fourth-order valence-corrected chi connectivity index (χ4v) is 5.03. The molecule has 13 heteroatoms. The van der Waals surface area contributed by atoms with Crippen LogP contribution in [0.15, 0.2) is 48.5 Å². The largest absolute Gasteiger partial charge is 0.508 e. The van der Waals surface area contributed by atoms with Crippen molar-refractivity contribution in [2.24, 2.45) is 5.92 Å². The smallest absolute Gasteiger partial charge is 0.407 e. The van der Waals surface area contributed by atoms with Crippen LogP contribution in [-0.2, 0) is 40.6 Å². The van der Waals surface area contributed by atoms with E-state index in [9.17, 15) is 29.1 Å². The number of benzene rings is 2. The molecule has 0 spiro atoms. The molecule has 0 aromatic heterocycles. The molecule has 0 radical (unpaired) electrons. The second-order valence-corrected chi connectivity index (χ2v) is 14.8. The number of anilines is 1. The highest BCUT2D eigenvalue weighted by molar-refractivity contribution is 5.99. The van der Waals surface area contributed by atoms with Gasteiger partial charge in [-0.15, -0.1) is 0 Å². The van der Waals surface area contributed by atoms with Crippen LogP contribution in [0.25, 0.3) is 0 Å². The molecule has 0 saturated carbocycles. The zero-order valence-corrected chi connectivity index (χ0v) is 30.9. The molecule has 0 aliphatic carbocycles. The number of esters is 1. The second-order valence-electron chi connectivity index (χ2n) is 14.8. The standard InChI is InChI=1S/C37H54N4O9/c1-23(2)30(41-29(43)18-19-38-33(46)48-22-25-14-12-11-13-15-25)31(44)40-28-20-26(42)16-17-27(28)37(10,32(45)49-35(4,5)6)21-24(3)39-34(47)50-36(7,8)9/h11-17,20,23-24,30,42H,18-19,21-22H2,1-10H3,(H,38,46)(H,39,47)(H,40,44)(H,41,43). The quantitative estimate of drug-likeness (QED) is 0.122. The first-order valence-electron chi connectivity index (χ1n) is 16.7. The lowest BCUT2D eigenvalue weighted by atomic mass is 9.76. The van der Waals surface area contributed by atoms with Gasteiger partial charge in [0, 0.05) is 30.8 Å². The monoisotopic (exact) mass is 698 g/mol. The number of hydrogen-bond acceptors (Lipinski definition) is 9. The Morgan fingerprint density at radius 2 is 1.42 bits per heavy atom. The highest BCUT2D eigenvalue weighted by Gasteiger charge is 2.43. The Balaban J connectivity index is 2.23. The minimum atomic E-state index is -1.44. The molecule has 2 aromatic carbocycles. The summed E-state index contributed by atoms with van der Waals surface area (Å²) < 4.78 is 16.4. The molecule has 0 saturated heterocycles. The lowest BCUT2D eigenvalue weighted by Crippen LogP contribution is -2.48. The molecule has 0 heterocycles. The molecule has 4 amide bonds. The number of hydrogen-bond donors (Lipinski definition) is 5. The van der Waals surface area contributed by atoms with Crippen molar-refractivity contribution in [1.29, 1.82) is 0 Å². The van der Waals surface area contributed by atoms with Crippen molar-refractivity contribution in [3.05, 3.63) is 59.7 Å². The first-order valence-corrected chi connectivity index (χ1v) is 16.7. The number of rotatable bonds is 14. The van der Waals surface area contributed by atoms with E-state index in [1.165, 1.54) is 18.2 Å². The summed E-state index contributed by atoms with van der Waals surface area (Å²) in [6, 6.07) is 11.8. The van der Waals surface area contributed by atoms with Gasteiger partial charge >= 0.3 is 18.2 Å². The first kappa shape index (κ1) is 41.4. The average molecular weight is 699 g/mol. The molecule has 276 valence electrons. The highest BCUT2D eigenvalue weighted by atomic mass is 16.6. The van der Waals surface area contributed by atoms with Crippen molar-refractivity contribution in [2.75, 3.05) is 11.9 Å². The zero-order valence-electron chi connectivity index (χ0n) is 30.9. The maximum atomic E-state index is 13.9. The lowest BCUT2D eigenvalue weighted by molar-refractivity contribution is -0.162. The fourth-order valence-electron chi connectivity index (χ4n) is 5.03. The van der Waals surface area contributed by atoms with Crippen LogP contribution in [0, 0.1) is 5.92 Å². The zero-order chi connectivity index (χ0) is 37.9. The Hall–Kier alpha value is -4.81. The van der Waals surface area contributed by atoms with E-state index in [4.69, 9.17) is 14.2 Å². The maximum absolute atomic E-state index is 13.9. The highest BCUT2D eigenvalue weighted by Crippen LogP contribution is 2.38. The number of alkyl carbamates (subject to hydrolysis) is 2. The third-order valence-electron chi connectivity index (χ3n) is 7.28. The summed E-state index contributed by atoms with van der Waals surface area (Å²) in [5.41, 5.74) is -1.77. The van der Waals surface area contributed by atoms with Gasteiger partial charge in [-0.25, -0.2) is 9.59 Å². The van der Waals surface area contributed by atoms with Gasteiger partial charge < -0.3 is 40.6 Å². The van der Waals surface area contributed by atoms with Crippen molar-refractivity contribution in [3.8, 4) is 5.75 Å². The predicted octanol–water partition coefficient (Wildman–Crippen LogP) is 5.69. The van der Waals surface area contributed by atoms with Crippen LogP contribution < -0.4 is 21.3 Å². The van der Waals surface area contributed by atoms with Gasteiger partial charge in [0.25, 0.3) is 0 Å². The Bertz CT molecular complexity index is 1480. The third kappa shape index (κ3) is 14.0. The van der Waals surface area contributed by atoms with Crippen LogP contribution in [-0.4, -0.2) is 64.9 Å². The van der Waals surface area contributed by atoms with Gasteiger partial charge in [0.15, 0.2) is 0 Å². The number of amides is 4. The van der Waals surface area contributed by atoms with E-state index >= 15 is 0 Å². The number of phenols is 1. The average Bonchev–Trinajstić information content (AvgIpc) is 2.97. The molecule has 2 rings (SSSR count). The molecule has 2 aromatic rings. The van der Waals surface area contributed by atoms with Gasteiger partial charge in [-0.1, -0.05) is 50.2 Å². The summed E-state index contributed by atoms with van der Waals surface area (Å²) in [6.45, 7) is 17.3. The van der Waals surface area contributed by atoms with Gasteiger partial charge in [0.1, 0.15) is 29.6 Å². The Morgan fingerprint density at radius 3 is 2.00 bits per heavy atom. The molecular formula is C37H54N4O9. The molecule has 5 N–H and O–H groups in total.